The van der Waals surface area contributed by atoms with E-state index in [1.165, 1.54) is 7.11 Å². The fraction of sp³-hybridized carbons (Fsp3) is 0.923. The first-order valence-corrected chi connectivity index (χ1v) is 8.64. The number of phosphoric acid groups is 1. The molecule has 0 aromatic heterocycles. The van der Waals surface area contributed by atoms with Crippen molar-refractivity contribution in [3.05, 3.63) is 0 Å². The van der Waals surface area contributed by atoms with Crippen LogP contribution in [-0.4, -0.2) is 32.9 Å². The maximum atomic E-state index is 12.3. The van der Waals surface area contributed by atoms with Gasteiger partial charge in [-0.05, 0) is 19.3 Å². The second-order valence-corrected chi connectivity index (χ2v) is 6.00. The Balaban J connectivity index is 4.08. The van der Waals surface area contributed by atoms with E-state index in [1.54, 1.807) is 0 Å². The summed E-state index contributed by atoms with van der Waals surface area (Å²) in [6.07, 6.45) is 4.12. The number of hydrogen-bond acceptors (Lipinski definition) is 6. The Morgan fingerprint density at radius 2 is 1.35 bits per heavy atom. The average Bonchev–Trinajstić information content (AvgIpc) is 2.44. The molecule has 0 saturated heterocycles. The lowest BCUT2D eigenvalue weighted by Gasteiger charge is -2.17. The number of phosphoric ester groups is 1. The molecule has 0 fully saturated rings. The molecule has 0 aliphatic carbocycles. The van der Waals surface area contributed by atoms with Gasteiger partial charge in [-0.15, -0.1) is 0 Å². The summed E-state index contributed by atoms with van der Waals surface area (Å²) in [5.74, 6) is -0.317. The van der Waals surface area contributed by atoms with Gasteiger partial charge < -0.3 is 4.74 Å². The second kappa shape index (κ2) is 12.3. The quantitative estimate of drug-likeness (QED) is 0.293. The van der Waals surface area contributed by atoms with Crippen molar-refractivity contribution in [3.63, 3.8) is 0 Å². The molecular formula is C13H27O6P. The fourth-order valence-corrected chi connectivity index (χ4v) is 2.53. The van der Waals surface area contributed by atoms with Crippen LogP contribution in [0.1, 0.15) is 52.4 Å². The first kappa shape index (κ1) is 19.6. The van der Waals surface area contributed by atoms with E-state index < -0.39 is 7.82 Å². The third-order valence-electron chi connectivity index (χ3n) is 2.50. The summed E-state index contributed by atoms with van der Waals surface area (Å²) in [7, 11) is -2.17. The van der Waals surface area contributed by atoms with Crippen LogP contribution in [0.15, 0.2) is 0 Å². The van der Waals surface area contributed by atoms with E-state index in [0.717, 1.165) is 25.7 Å². The number of unbranched alkanes of at least 4 members (excludes halogenated alkanes) is 2. The molecule has 0 radical (unpaired) electrons. The van der Waals surface area contributed by atoms with E-state index in [1.807, 2.05) is 13.8 Å². The molecule has 120 valence electrons. The van der Waals surface area contributed by atoms with Crippen molar-refractivity contribution in [1.29, 1.82) is 0 Å². The zero-order chi connectivity index (χ0) is 15.3. The molecule has 7 heteroatoms. The number of esters is 1. The zero-order valence-corrected chi connectivity index (χ0v) is 13.7. The minimum Gasteiger partial charge on any atom is -0.469 e. The topological polar surface area (TPSA) is 71.1 Å². The molecule has 0 heterocycles. The summed E-state index contributed by atoms with van der Waals surface area (Å²) in [4.78, 5) is 10.9. The van der Waals surface area contributed by atoms with Gasteiger partial charge in [0.05, 0.1) is 26.9 Å². The molecule has 20 heavy (non-hydrogen) atoms. The van der Waals surface area contributed by atoms with Crippen LogP contribution in [0.5, 0.6) is 0 Å². The Morgan fingerprint density at radius 3 is 1.75 bits per heavy atom. The highest BCUT2D eigenvalue weighted by Crippen LogP contribution is 2.49. The van der Waals surface area contributed by atoms with E-state index in [-0.39, 0.29) is 19.0 Å². The number of ether oxygens (including phenoxy) is 1. The molecule has 0 aliphatic rings. The standard InChI is InChI=1S/C13H27O6P/c1-4-6-10-17-20(15,18-11-7-5-2)19-12-8-9-13(14)16-3/h4-12H2,1-3H3. The van der Waals surface area contributed by atoms with Crippen molar-refractivity contribution in [2.75, 3.05) is 26.9 Å². The van der Waals surface area contributed by atoms with Gasteiger partial charge in [0.25, 0.3) is 0 Å². The third-order valence-corrected chi connectivity index (χ3v) is 3.99. The Bertz CT molecular complexity index is 281. The molecule has 0 saturated carbocycles. The van der Waals surface area contributed by atoms with Crippen LogP contribution >= 0.6 is 7.82 Å². The van der Waals surface area contributed by atoms with Gasteiger partial charge in [-0.2, -0.15) is 0 Å². The fourth-order valence-electron chi connectivity index (χ4n) is 1.25. The van der Waals surface area contributed by atoms with Gasteiger partial charge in [0, 0.05) is 6.42 Å². The molecule has 0 aromatic carbocycles. The molecule has 0 unspecified atom stereocenters. The zero-order valence-electron chi connectivity index (χ0n) is 12.8. The van der Waals surface area contributed by atoms with E-state index in [4.69, 9.17) is 13.6 Å². The average molecular weight is 310 g/mol. The van der Waals surface area contributed by atoms with Crippen molar-refractivity contribution >= 4 is 13.8 Å². The summed E-state index contributed by atoms with van der Waals surface area (Å²) < 4.78 is 32.5. The summed E-state index contributed by atoms with van der Waals surface area (Å²) >= 11 is 0. The van der Waals surface area contributed by atoms with E-state index >= 15 is 0 Å². The number of carbonyl (C=O) groups is 1. The van der Waals surface area contributed by atoms with Gasteiger partial charge in [0.2, 0.25) is 0 Å². The molecule has 0 atom stereocenters. The lowest BCUT2D eigenvalue weighted by molar-refractivity contribution is -0.140. The highest BCUT2D eigenvalue weighted by Gasteiger charge is 2.26. The molecule has 0 aliphatic heterocycles. The highest BCUT2D eigenvalue weighted by atomic mass is 31.2. The number of methoxy groups -OCH3 is 1. The first-order valence-electron chi connectivity index (χ1n) is 7.18. The van der Waals surface area contributed by atoms with Crippen molar-refractivity contribution in [2.45, 2.75) is 52.4 Å². The molecule has 0 N–H and O–H groups in total. The highest BCUT2D eigenvalue weighted by molar-refractivity contribution is 7.48. The van der Waals surface area contributed by atoms with Gasteiger partial charge in [0.1, 0.15) is 0 Å². The predicted molar refractivity (Wildman–Crippen MR) is 76.5 cm³/mol. The predicted octanol–water partition coefficient (Wildman–Crippen LogP) is 3.70. The van der Waals surface area contributed by atoms with Crippen LogP contribution in [0.4, 0.5) is 0 Å². The molecule has 0 spiro atoms. The first-order chi connectivity index (χ1) is 9.58. The largest absolute Gasteiger partial charge is 0.474 e. The Kier molecular flexibility index (Phi) is 12.1. The maximum Gasteiger partial charge on any atom is 0.474 e. The third kappa shape index (κ3) is 10.4. The number of rotatable bonds is 13. The summed E-state index contributed by atoms with van der Waals surface area (Å²) in [5.41, 5.74) is 0. The van der Waals surface area contributed by atoms with Crippen molar-refractivity contribution in [3.8, 4) is 0 Å². The van der Waals surface area contributed by atoms with Gasteiger partial charge in [-0.3, -0.25) is 18.4 Å². The van der Waals surface area contributed by atoms with Gasteiger partial charge in [-0.1, -0.05) is 26.7 Å². The van der Waals surface area contributed by atoms with Crippen LogP contribution in [0.2, 0.25) is 0 Å². The molecule has 0 rings (SSSR count). The lowest BCUT2D eigenvalue weighted by atomic mass is 10.3. The molecule has 0 bridgehead atoms. The lowest BCUT2D eigenvalue weighted by Crippen LogP contribution is -2.06. The second-order valence-electron chi connectivity index (χ2n) is 4.33. The van der Waals surface area contributed by atoms with Crippen molar-refractivity contribution < 1.29 is 27.7 Å². The molecule has 0 amide bonds. The van der Waals surface area contributed by atoms with Gasteiger partial charge in [-0.25, -0.2) is 4.57 Å². The van der Waals surface area contributed by atoms with Crippen LogP contribution in [0.25, 0.3) is 0 Å². The Morgan fingerprint density at radius 1 is 0.900 bits per heavy atom. The minimum atomic E-state index is -3.50. The molecular weight excluding hydrogens is 283 g/mol. The summed E-state index contributed by atoms with van der Waals surface area (Å²) in [6, 6.07) is 0. The minimum absolute atomic E-state index is 0.143. The smallest absolute Gasteiger partial charge is 0.469 e. The Labute approximate surface area is 121 Å². The van der Waals surface area contributed by atoms with Crippen molar-refractivity contribution in [1.82, 2.24) is 0 Å². The number of hydrogen-bond donors (Lipinski definition) is 0. The SMILES string of the molecule is CCCCOP(=O)(OCCCC)OCCCC(=O)OC. The molecule has 0 aromatic rings. The molecule has 6 nitrogen and oxygen atoms in total. The van der Waals surface area contributed by atoms with E-state index in [9.17, 15) is 9.36 Å². The van der Waals surface area contributed by atoms with E-state index in [2.05, 4.69) is 4.74 Å². The van der Waals surface area contributed by atoms with Crippen LogP contribution < -0.4 is 0 Å². The van der Waals surface area contributed by atoms with Crippen LogP contribution in [0, 0.1) is 0 Å². The van der Waals surface area contributed by atoms with E-state index in [0.29, 0.717) is 19.6 Å². The number of carbonyl (C=O) groups excluding carboxylic acids is 1. The normalized spacial score (nSPS) is 11.6. The maximum absolute atomic E-state index is 12.3. The van der Waals surface area contributed by atoms with Crippen LogP contribution in [-0.2, 0) is 27.7 Å². The van der Waals surface area contributed by atoms with Crippen LogP contribution in [0.3, 0.4) is 0 Å². The monoisotopic (exact) mass is 310 g/mol. The summed E-state index contributed by atoms with van der Waals surface area (Å²) in [6.45, 7) is 4.87. The van der Waals surface area contributed by atoms with Crippen molar-refractivity contribution in [2.24, 2.45) is 0 Å². The van der Waals surface area contributed by atoms with Gasteiger partial charge >= 0.3 is 13.8 Å². The van der Waals surface area contributed by atoms with Gasteiger partial charge in [0.15, 0.2) is 0 Å². The Hall–Kier alpha value is -0.420. The summed E-state index contributed by atoms with van der Waals surface area (Å²) in [5, 5.41) is 0.